The second-order valence-corrected chi connectivity index (χ2v) is 13.2. The summed E-state index contributed by atoms with van der Waals surface area (Å²) in [5.74, 6) is 0.126. The minimum Gasteiger partial charge on any atom is -0.497 e. The highest BCUT2D eigenvalue weighted by atomic mass is 35.5. The third-order valence-corrected chi connectivity index (χ3v) is 10.0. The monoisotopic (exact) mass is 673 g/mol. The van der Waals surface area contributed by atoms with E-state index in [9.17, 15) is 18.0 Å². The first-order valence-electron chi connectivity index (χ1n) is 14.8. The number of carbonyl (C=O) groups excluding carboxylic acids is 2. The molecule has 1 saturated carbocycles. The fraction of sp³-hybridized carbons (Fsp3) is 0.394. The first-order valence-corrected chi connectivity index (χ1v) is 16.6. The van der Waals surface area contributed by atoms with Crippen molar-refractivity contribution in [3.63, 3.8) is 0 Å². The van der Waals surface area contributed by atoms with Crippen LogP contribution in [0.4, 0.5) is 5.69 Å². The van der Waals surface area contributed by atoms with Crippen LogP contribution < -0.4 is 28.6 Å². The second kappa shape index (κ2) is 15.4. The van der Waals surface area contributed by atoms with Gasteiger partial charge in [0.05, 0.1) is 39.0 Å². The normalized spacial score (nSPS) is 13.9. The molecule has 13 heteroatoms. The topological polar surface area (TPSA) is 124 Å². The molecule has 0 saturated heterocycles. The molecular formula is C33H40ClN3O8S. The number of anilines is 1. The van der Waals surface area contributed by atoms with Crippen LogP contribution >= 0.6 is 11.6 Å². The van der Waals surface area contributed by atoms with Gasteiger partial charge in [0.1, 0.15) is 24.1 Å². The Morgan fingerprint density at radius 1 is 0.870 bits per heavy atom. The maximum Gasteiger partial charge on any atom is 0.265 e. The average Bonchev–Trinajstić information content (AvgIpc) is 3.58. The van der Waals surface area contributed by atoms with Crippen LogP contribution in [-0.4, -0.2) is 72.2 Å². The van der Waals surface area contributed by atoms with Gasteiger partial charge in [0, 0.05) is 29.7 Å². The predicted molar refractivity (Wildman–Crippen MR) is 175 cm³/mol. The number of carbonyl (C=O) groups is 2. The average molecular weight is 674 g/mol. The first-order chi connectivity index (χ1) is 22.0. The molecule has 0 aromatic heterocycles. The molecule has 0 heterocycles. The highest BCUT2D eigenvalue weighted by molar-refractivity contribution is 7.92. The van der Waals surface area contributed by atoms with Crippen molar-refractivity contribution >= 4 is 39.1 Å². The smallest absolute Gasteiger partial charge is 0.265 e. The number of hydrogen-bond donors (Lipinski definition) is 1. The van der Waals surface area contributed by atoms with Gasteiger partial charge in [-0.1, -0.05) is 36.6 Å². The van der Waals surface area contributed by atoms with Crippen LogP contribution in [0.2, 0.25) is 5.02 Å². The molecule has 0 aliphatic heterocycles. The minimum absolute atomic E-state index is 0.0328. The summed E-state index contributed by atoms with van der Waals surface area (Å²) in [7, 11) is 1.24. The Labute approximate surface area is 275 Å². The van der Waals surface area contributed by atoms with Crippen molar-refractivity contribution in [3.05, 3.63) is 71.2 Å². The van der Waals surface area contributed by atoms with Gasteiger partial charge in [-0.2, -0.15) is 0 Å². The number of rotatable bonds is 14. The maximum absolute atomic E-state index is 14.4. The summed E-state index contributed by atoms with van der Waals surface area (Å²) in [5.41, 5.74) is 0.783. The lowest BCUT2D eigenvalue weighted by molar-refractivity contribution is -0.139. The molecule has 0 radical (unpaired) electrons. The summed E-state index contributed by atoms with van der Waals surface area (Å²) in [6.45, 7) is 1.01. The molecule has 0 bridgehead atoms. The molecule has 4 rings (SSSR count). The Hall–Kier alpha value is -4.16. The van der Waals surface area contributed by atoms with E-state index in [-0.39, 0.29) is 40.6 Å². The van der Waals surface area contributed by atoms with E-state index < -0.39 is 28.5 Å². The third kappa shape index (κ3) is 7.97. The number of methoxy groups -OCH3 is 4. The molecular weight excluding hydrogens is 634 g/mol. The van der Waals surface area contributed by atoms with Crippen LogP contribution in [0.3, 0.4) is 0 Å². The van der Waals surface area contributed by atoms with Crippen molar-refractivity contribution in [2.24, 2.45) is 0 Å². The number of sulfonamides is 1. The predicted octanol–water partition coefficient (Wildman–Crippen LogP) is 5.05. The lowest BCUT2D eigenvalue weighted by Gasteiger charge is -2.33. The Morgan fingerprint density at radius 2 is 1.50 bits per heavy atom. The molecule has 1 N–H and O–H groups in total. The van der Waals surface area contributed by atoms with Crippen LogP contribution in [0, 0.1) is 0 Å². The van der Waals surface area contributed by atoms with Gasteiger partial charge in [0.15, 0.2) is 11.5 Å². The Bertz CT molecular complexity index is 1630. The summed E-state index contributed by atoms with van der Waals surface area (Å²) < 4.78 is 51.4. The Balaban J connectivity index is 1.79. The van der Waals surface area contributed by atoms with Crippen molar-refractivity contribution in [3.8, 4) is 23.0 Å². The van der Waals surface area contributed by atoms with E-state index in [0.717, 1.165) is 30.0 Å². The number of nitrogens with one attached hydrogen (secondary N) is 1. The number of hydrogen-bond acceptors (Lipinski definition) is 8. The standard InChI is InChI=1S/C33H40ClN3O8S/c1-22(33(39)35-25-8-6-7-9-25)36(20-23-10-12-24(34)13-11-23)32(38)21-37(28-18-26(42-2)14-16-29(28)43-3)46(40,41)27-15-17-30(44-4)31(19-27)45-5/h10-19,22,25H,6-9,20-21H2,1-5H3,(H,35,39)/t22-/m0/s1. The minimum atomic E-state index is -4.44. The second-order valence-electron chi connectivity index (χ2n) is 10.9. The molecule has 1 aliphatic carbocycles. The van der Waals surface area contributed by atoms with Gasteiger partial charge in [-0.15, -0.1) is 0 Å². The van der Waals surface area contributed by atoms with E-state index in [1.807, 2.05) is 0 Å². The molecule has 248 valence electrons. The van der Waals surface area contributed by atoms with Crippen LogP contribution in [0.1, 0.15) is 38.2 Å². The zero-order chi connectivity index (χ0) is 33.4. The van der Waals surface area contributed by atoms with Gasteiger partial charge in [-0.25, -0.2) is 8.42 Å². The van der Waals surface area contributed by atoms with E-state index in [1.165, 1.54) is 57.6 Å². The van der Waals surface area contributed by atoms with E-state index in [2.05, 4.69) is 5.32 Å². The lowest BCUT2D eigenvalue weighted by Crippen LogP contribution is -2.52. The van der Waals surface area contributed by atoms with E-state index in [4.69, 9.17) is 30.5 Å². The molecule has 1 aliphatic rings. The van der Waals surface area contributed by atoms with E-state index in [0.29, 0.717) is 22.1 Å². The highest BCUT2D eigenvalue weighted by Gasteiger charge is 2.35. The zero-order valence-electron chi connectivity index (χ0n) is 26.6. The number of amides is 2. The van der Waals surface area contributed by atoms with Crippen molar-refractivity contribution in [1.82, 2.24) is 10.2 Å². The molecule has 1 fully saturated rings. The quantitative estimate of drug-likeness (QED) is 0.252. The van der Waals surface area contributed by atoms with Gasteiger partial charge in [-0.05, 0) is 61.7 Å². The number of ether oxygens (including phenoxy) is 4. The summed E-state index contributed by atoms with van der Waals surface area (Å²) in [4.78, 5) is 29.0. The van der Waals surface area contributed by atoms with Crippen LogP contribution in [-0.2, 0) is 26.2 Å². The summed E-state index contributed by atoms with van der Waals surface area (Å²) >= 11 is 6.10. The highest BCUT2D eigenvalue weighted by Crippen LogP contribution is 2.38. The fourth-order valence-electron chi connectivity index (χ4n) is 5.37. The van der Waals surface area contributed by atoms with Gasteiger partial charge < -0.3 is 29.2 Å². The number of nitrogens with zero attached hydrogens (tertiary/aromatic N) is 2. The van der Waals surface area contributed by atoms with Gasteiger partial charge in [-0.3, -0.25) is 13.9 Å². The molecule has 0 spiro atoms. The maximum atomic E-state index is 14.4. The summed E-state index contributed by atoms with van der Waals surface area (Å²) in [6, 6.07) is 14.8. The number of benzene rings is 3. The SMILES string of the molecule is COc1ccc(OC)c(N(CC(=O)N(Cc2ccc(Cl)cc2)[C@@H](C)C(=O)NC2CCCC2)S(=O)(=O)c2ccc(OC)c(OC)c2)c1. The van der Waals surface area contributed by atoms with Crippen molar-refractivity contribution in [2.75, 3.05) is 39.3 Å². The van der Waals surface area contributed by atoms with Crippen LogP contribution in [0.15, 0.2) is 65.6 Å². The fourth-order valence-corrected chi connectivity index (χ4v) is 6.93. The van der Waals surface area contributed by atoms with Crippen LogP contribution in [0.5, 0.6) is 23.0 Å². The van der Waals surface area contributed by atoms with Crippen molar-refractivity contribution < 1.29 is 37.0 Å². The molecule has 3 aromatic carbocycles. The van der Waals surface area contributed by atoms with Crippen molar-refractivity contribution in [1.29, 1.82) is 0 Å². The number of halogens is 1. The molecule has 0 unspecified atom stereocenters. The molecule has 3 aromatic rings. The Kier molecular flexibility index (Phi) is 11.6. The molecule has 2 amide bonds. The van der Waals surface area contributed by atoms with Gasteiger partial charge in [0.2, 0.25) is 11.8 Å². The summed E-state index contributed by atoms with van der Waals surface area (Å²) in [6.07, 6.45) is 3.79. The lowest BCUT2D eigenvalue weighted by atomic mass is 10.1. The summed E-state index contributed by atoms with van der Waals surface area (Å²) in [5, 5.41) is 3.58. The molecule has 1 atom stereocenters. The van der Waals surface area contributed by atoms with Crippen LogP contribution in [0.25, 0.3) is 0 Å². The first kappa shape index (κ1) is 34.7. The van der Waals surface area contributed by atoms with Crippen molar-refractivity contribution in [2.45, 2.75) is 56.1 Å². The zero-order valence-corrected chi connectivity index (χ0v) is 28.2. The third-order valence-electron chi connectivity index (χ3n) is 8.01. The van der Waals surface area contributed by atoms with Gasteiger partial charge in [0.25, 0.3) is 10.0 Å². The largest absolute Gasteiger partial charge is 0.497 e. The Morgan fingerprint density at radius 3 is 2.11 bits per heavy atom. The van der Waals surface area contributed by atoms with E-state index in [1.54, 1.807) is 43.3 Å². The molecule has 46 heavy (non-hydrogen) atoms. The molecule has 11 nitrogen and oxygen atoms in total. The van der Waals surface area contributed by atoms with E-state index >= 15 is 0 Å². The van der Waals surface area contributed by atoms with Gasteiger partial charge >= 0.3 is 0 Å².